The van der Waals surface area contributed by atoms with Crippen LogP contribution in [0.15, 0.2) is 81.9 Å². The lowest BCUT2D eigenvalue weighted by Crippen LogP contribution is -2.52. The number of aromatic amines is 1. The Morgan fingerprint density at radius 2 is 1.85 bits per heavy atom. The number of benzene rings is 3. The number of fused-ring (bicyclic) bond motifs is 5. The Kier molecular flexibility index (Phi) is 7.42. The van der Waals surface area contributed by atoms with Crippen molar-refractivity contribution in [2.24, 2.45) is 11.8 Å². The first kappa shape index (κ1) is 32.8. The van der Waals surface area contributed by atoms with Crippen molar-refractivity contribution in [2.45, 2.75) is 63.9 Å². The summed E-state index contributed by atoms with van der Waals surface area (Å²) >= 11 is 0. The SMILES string of the molecule is CC(C)[C@H](O)C(=O)N[C@H]1Cc2ccc3c(c2)[C@@]2(c4ccccc4NC2O3)c2oc(nc2-c2ncc(-c3c[nH]c4c(O)cccc34)o2)[C@H](C(C)C)NC1=O. The molecule has 13 nitrogen and oxygen atoms in total. The Morgan fingerprint density at radius 3 is 2.66 bits per heavy atom. The van der Waals surface area contributed by atoms with E-state index < -0.39 is 41.6 Å². The average Bonchev–Trinajstić information content (AvgIpc) is 3.96. The molecule has 0 aliphatic carbocycles. The summed E-state index contributed by atoms with van der Waals surface area (Å²) in [6, 6.07) is 17.2. The largest absolute Gasteiger partial charge is 0.506 e. The van der Waals surface area contributed by atoms with Gasteiger partial charge in [0.05, 0.1) is 11.7 Å². The van der Waals surface area contributed by atoms with Crippen LogP contribution in [0.25, 0.3) is 33.8 Å². The number of nitrogens with zero attached hydrogens (tertiary/aromatic N) is 2. The number of rotatable bonds is 6. The predicted molar refractivity (Wildman–Crippen MR) is 194 cm³/mol. The lowest BCUT2D eigenvalue weighted by Gasteiger charge is -2.29. The molecule has 3 aliphatic heterocycles. The number of anilines is 1. The number of aliphatic hydroxyl groups is 1. The number of aromatic nitrogens is 3. The molecule has 3 aliphatic rings. The summed E-state index contributed by atoms with van der Waals surface area (Å²) in [5.74, 6) is 0.407. The Balaban J connectivity index is 1.26. The monoisotopic (exact) mass is 714 g/mol. The number of oxazole rings is 2. The maximum absolute atomic E-state index is 14.1. The second-order valence-corrected chi connectivity index (χ2v) is 14.7. The van der Waals surface area contributed by atoms with E-state index >= 15 is 0 Å². The number of carbonyl (C=O) groups excluding carboxylic acids is 2. The zero-order valence-corrected chi connectivity index (χ0v) is 29.4. The van der Waals surface area contributed by atoms with Crippen LogP contribution >= 0.6 is 0 Å². The van der Waals surface area contributed by atoms with Crippen LogP contribution in [0.2, 0.25) is 0 Å². The van der Waals surface area contributed by atoms with Gasteiger partial charge in [0, 0.05) is 34.8 Å². The number of nitrogens with one attached hydrogen (secondary N) is 4. The fourth-order valence-electron chi connectivity index (χ4n) is 7.86. The summed E-state index contributed by atoms with van der Waals surface area (Å²) in [6.45, 7) is 7.37. The van der Waals surface area contributed by atoms with Crippen LogP contribution in [-0.2, 0) is 21.4 Å². The summed E-state index contributed by atoms with van der Waals surface area (Å²) in [6.07, 6.45) is 1.59. The molecule has 2 amide bonds. The van der Waals surface area contributed by atoms with Gasteiger partial charge in [0.2, 0.25) is 23.6 Å². The summed E-state index contributed by atoms with van der Waals surface area (Å²) in [4.78, 5) is 40.2. The Labute approximate surface area is 303 Å². The third-order valence-corrected chi connectivity index (χ3v) is 10.6. The highest BCUT2D eigenvalue weighted by atomic mass is 16.5. The number of aromatic hydroxyl groups is 1. The molecule has 53 heavy (non-hydrogen) atoms. The van der Waals surface area contributed by atoms with E-state index in [2.05, 4.69) is 20.9 Å². The first-order valence-electron chi connectivity index (χ1n) is 17.8. The van der Waals surface area contributed by atoms with Crippen molar-refractivity contribution < 1.29 is 33.4 Å². The van der Waals surface area contributed by atoms with Gasteiger partial charge < -0.3 is 44.7 Å². The molecule has 1 spiro atoms. The van der Waals surface area contributed by atoms with Crippen molar-refractivity contribution in [2.75, 3.05) is 5.32 Å². The van der Waals surface area contributed by atoms with Crippen LogP contribution in [0.5, 0.6) is 11.5 Å². The third-order valence-electron chi connectivity index (χ3n) is 10.6. The van der Waals surface area contributed by atoms with Gasteiger partial charge >= 0.3 is 0 Å². The fraction of sp³-hybridized carbons (Fsp3) is 0.300. The predicted octanol–water partition coefficient (Wildman–Crippen LogP) is 5.53. The van der Waals surface area contributed by atoms with Crippen LogP contribution in [0.3, 0.4) is 0 Å². The van der Waals surface area contributed by atoms with E-state index in [1.165, 1.54) is 0 Å². The van der Waals surface area contributed by atoms with Gasteiger partial charge in [0.15, 0.2) is 23.4 Å². The number of carbonyl (C=O) groups is 2. The Morgan fingerprint density at radius 1 is 1.02 bits per heavy atom. The molecule has 6 aromatic rings. The number of aliphatic hydroxyl groups excluding tert-OH is 1. The number of phenols is 1. The van der Waals surface area contributed by atoms with Gasteiger partial charge in [-0.1, -0.05) is 70.2 Å². The zero-order valence-electron chi connectivity index (χ0n) is 29.4. The quantitative estimate of drug-likeness (QED) is 0.128. The van der Waals surface area contributed by atoms with Crippen LogP contribution in [0.4, 0.5) is 5.69 Å². The van der Waals surface area contributed by atoms with Crippen molar-refractivity contribution >= 4 is 28.4 Å². The summed E-state index contributed by atoms with van der Waals surface area (Å²) < 4.78 is 20.1. The van der Waals surface area contributed by atoms with Gasteiger partial charge in [0.25, 0.3) is 0 Å². The fourth-order valence-corrected chi connectivity index (χ4v) is 7.86. The Bertz CT molecular complexity index is 2430. The molecule has 6 N–H and O–H groups in total. The van der Waals surface area contributed by atoms with E-state index in [1.807, 2.05) is 62.4 Å². The maximum Gasteiger partial charge on any atom is 0.249 e. The molecule has 270 valence electrons. The standard InChI is InChI=1S/C40H38N6O7/c1-18(2)30-38-46-32(37-42-17-29(51-37)22-16-41-31-21(22)8-7-11-27(31)47)34(53-38)40-23-9-5-6-10-25(23)44-39(40)52-28-13-12-20(14-24(28)40)15-26(35(49)45-30)43-36(50)33(48)19(3)4/h5-14,16-19,26,30,33,39,41,44,47-48H,15H2,1-4H3,(H,43,50)(H,45,49)/t26-,30-,33-,39?,40-/m0/s1. The topological polar surface area (TPSA) is 188 Å². The highest BCUT2D eigenvalue weighted by Gasteiger charge is 2.61. The van der Waals surface area contributed by atoms with Gasteiger partial charge in [-0.15, -0.1) is 0 Å². The van der Waals surface area contributed by atoms with Gasteiger partial charge in [0.1, 0.15) is 35.1 Å². The first-order chi connectivity index (χ1) is 25.5. The number of hydrogen-bond donors (Lipinski definition) is 6. The molecule has 0 fully saturated rings. The highest BCUT2D eigenvalue weighted by molar-refractivity contribution is 5.97. The minimum absolute atomic E-state index is 0.116. The van der Waals surface area contributed by atoms with Crippen molar-refractivity contribution in [3.8, 4) is 34.4 Å². The van der Waals surface area contributed by atoms with E-state index in [0.29, 0.717) is 34.0 Å². The second-order valence-electron chi connectivity index (χ2n) is 14.7. The Hall–Kier alpha value is -6.08. The van der Waals surface area contributed by atoms with Gasteiger partial charge in [-0.3, -0.25) is 9.59 Å². The summed E-state index contributed by atoms with van der Waals surface area (Å²) in [7, 11) is 0. The van der Waals surface area contributed by atoms with Crippen molar-refractivity contribution in [3.05, 3.63) is 101 Å². The van der Waals surface area contributed by atoms with E-state index in [1.54, 1.807) is 38.4 Å². The van der Waals surface area contributed by atoms with Crippen molar-refractivity contribution in [3.63, 3.8) is 0 Å². The molecule has 1 unspecified atom stereocenters. The highest BCUT2D eigenvalue weighted by Crippen LogP contribution is 2.59. The molecular formula is C40H38N6O7. The molecule has 4 bridgehead atoms. The average molecular weight is 715 g/mol. The molecule has 0 saturated heterocycles. The molecular weight excluding hydrogens is 676 g/mol. The van der Waals surface area contributed by atoms with Crippen LogP contribution in [0.1, 0.15) is 62.1 Å². The lowest BCUT2D eigenvalue weighted by atomic mass is 9.72. The van der Waals surface area contributed by atoms with Gasteiger partial charge in [-0.25, -0.2) is 9.97 Å². The number of hydrogen-bond acceptors (Lipinski definition) is 10. The smallest absolute Gasteiger partial charge is 0.249 e. The van der Waals surface area contributed by atoms with E-state index in [0.717, 1.165) is 27.8 Å². The molecule has 3 aromatic heterocycles. The minimum Gasteiger partial charge on any atom is -0.506 e. The van der Waals surface area contributed by atoms with Crippen LogP contribution in [-0.4, -0.2) is 55.4 Å². The second kappa shape index (κ2) is 12.0. The molecule has 0 saturated carbocycles. The molecule has 5 atom stereocenters. The first-order valence-corrected chi connectivity index (χ1v) is 17.8. The van der Waals surface area contributed by atoms with Crippen molar-refractivity contribution in [1.82, 2.24) is 25.6 Å². The zero-order chi connectivity index (χ0) is 36.8. The van der Waals surface area contributed by atoms with E-state index in [9.17, 15) is 19.8 Å². The van der Waals surface area contributed by atoms with Crippen LogP contribution < -0.4 is 20.7 Å². The normalized spacial score (nSPS) is 22.0. The maximum atomic E-state index is 14.1. The number of ether oxygens (including phenoxy) is 1. The molecule has 9 rings (SSSR count). The van der Waals surface area contributed by atoms with Crippen molar-refractivity contribution in [1.29, 1.82) is 0 Å². The molecule has 6 heterocycles. The third kappa shape index (κ3) is 4.94. The number of amides is 2. The number of H-pyrrole nitrogens is 1. The summed E-state index contributed by atoms with van der Waals surface area (Å²) in [5.41, 5.74) is 3.86. The molecule has 0 radical (unpaired) electrons. The molecule has 3 aromatic carbocycles. The van der Waals surface area contributed by atoms with E-state index in [-0.39, 0.29) is 35.8 Å². The number of phenolic OH excluding ortho intramolecular Hbond substituents is 1. The van der Waals surface area contributed by atoms with E-state index in [4.69, 9.17) is 23.5 Å². The van der Waals surface area contributed by atoms with Crippen LogP contribution in [0, 0.1) is 11.8 Å². The van der Waals surface area contributed by atoms with Gasteiger partial charge in [-0.05, 0) is 41.2 Å². The van der Waals surface area contributed by atoms with Gasteiger partial charge in [-0.2, -0.15) is 0 Å². The number of para-hydroxylation sites is 2. The molecule has 13 heteroatoms. The summed E-state index contributed by atoms with van der Waals surface area (Å²) in [5, 5.41) is 31.2. The lowest BCUT2D eigenvalue weighted by molar-refractivity contribution is -0.135. The minimum atomic E-state index is -1.29.